The van der Waals surface area contributed by atoms with E-state index in [0.717, 1.165) is 16.9 Å². The second kappa shape index (κ2) is 9.40. The number of nitrogens with one attached hydrogen (secondary N) is 1. The number of nitrogens with zero attached hydrogens (tertiary/aromatic N) is 5. The van der Waals surface area contributed by atoms with Gasteiger partial charge < -0.3 is 14.2 Å². The minimum Gasteiger partial charge on any atom is -0.493 e. The highest BCUT2D eigenvalue weighted by atomic mass is 16.5. The van der Waals surface area contributed by atoms with Crippen molar-refractivity contribution in [2.75, 3.05) is 12.5 Å². The highest BCUT2D eigenvalue weighted by Gasteiger charge is 2.09. The third kappa shape index (κ3) is 5.15. The molecule has 2 aromatic carbocycles. The van der Waals surface area contributed by atoms with Gasteiger partial charge in [-0.15, -0.1) is 0 Å². The van der Waals surface area contributed by atoms with Crippen LogP contribution in [0.3, 0.4) is 0 Å². The Hall–Kier alpha value is -4.40. The van der Waals surface area contributed by atoms with E-state index in [4.69, 9.17) is 14.2 Å². The summed E-state index contributed by atoms with van der Waals surface area (Å²) < 4.78 is 17.0. The zero-order chi connectivity index (χ0) is 21.5. The molecule has 155 valence electrons. The van der Waals surface area contributed by atoms with E-state index < -0.39 is 0 Å². The lowest BCUT2D eigenvalue weighted by Gasteiger charge is -2.13. The van der Waals surface area contributed by atoms with E-state index in [2.05, 4.69) is 31.2 Å². The van der Waals surface area contributed by atoms with Crippen molar-refractivity contribution in [1.29, 1.82) is 0 Å². The quantitative estimate of drug-likeness (QED) is 0.421. The van der Waals surface area contributed by atoms with Gasteiger partial charge in [0.25, 0.3) is 0 Å². The Labute approximate surface area is 179 Å². The van der Waals surface area contributed by atoms with Gasteiger partial charge in [-0.05, 0) is 42.8 Å². The van der Waals surface area contributed by atoms with Gasteiger partial charge in [0, 0.05) is 18.2 Å². The highest BCUT2D eigenvalue weighted by molar-refractivity contribution is 5.57. The van der Waals surface area contributed by atoms with E-state index in [-0.39, 0.29) is 0 Å². The average Bonchev–Trinajstić information content (AvgIpc) is 2.80. The fourth-order valence-electron chi connectivity index (χ4n) is 2.70. The van der Waals surface area contributed by atoms with Crippen LogP contribution in [-0.4, -0.2) is 27.5 Å². The molecule has 9 heteroatoms. The number of aromatic nitrogens is 4. The summed E-state index contributed by atoms with van der Waals surface area (Å²) in [5, 5.41) is 15.1. The first-order chi connectivity index (χ1) is 15.2. The monoisotopic (exact) mass is 415 g/mol. The van der Waals surface area contributed by atoms with Crippen LogP contribution in [-0.2, 0) is 0 Å². The lowest BCUT2D eigenvalue weighted by molar-refractivity contribution is 0.378. The number of hydrogen-bond donors (Lipinski definition) is 1. The topological polar surface area (TPSA) is 105 Å². The summed E-state index contributed by atoms with van der Waals surface area (Å²) in [6, 6.07) is 14.5. The van der Waals surface area contributed by atoms with Crippen LogP contribution in [0.4, 0.5) is 11.4 Å². The molecule has 4 rings (SSSR count). The molecule has 0 amide bonds. The minimum atomic E-state index is 0.559. The Bertz CT molecular complexity index is 1140. The molecule has 0 unspecified atom stereocenters. The summed E-state index contributed by atoms with van der Waals surface area (Å²) in [6.07, 6.45) is 6.22. The summed E-state index contributed by atoms with van der Waals surface area (Å²) >= 11 is 0. The maximum Gasteiger partial charge on any atom is 0.169 e. The highest BCUT2D eigenvalue weighted by Crippen LogP contribution is 2.34. The first kappa shape index (κ1) is 19.9. The molecule has 0 spiro atoms. The predicted molar refractivity (Wildman–Crippen MR) is 114 cm³/mol. The summed E-state index contributed by atoms with van der Waals surface area (Å²) in [4.78, 5) is 0. The van der Waals surface area contributed by atoms with Crippen molar-refractivity contribution in [1.82, 2.24) is 25.8 Å². The number of aryl methyl sites for hydroxylation is 1. The minimum absolute atomic E-state index is 0.559. The van der Waals surface area contributed by atoms with Crippen molar-refractivity contribution < 1.29 is 14.2 Å². The van der Waals surface area contributed by atoms with Crippen molar-refractivity contribution >= 4 is 11.4 Å². The average molecular weight is 415 g/mol. The molecule has 31 heavy (non-hydrogen) atoms. The molecule has 0 fully saturated rings. The number of rotatable bonds is 8. The molecule has 4 aromatic rings. The molecule has 0 atom stereocenters. The van der Waals surface area contributed by atoms with Crippen LogP contribution < -0.4 is 25.1 Å². The summed E-state index contributed by atoms with van der Waals surface area (Å²) in [6.45, 7) is 1.96. The van der Waals surface area contributed by atoms with E-state index in [1.54, 1.807) is 50.0 Å². The third-order valence-corrected chi connectivity index (χ3v) is 4.22. The van der Waals surface area contributed by atoms with Gasteiger partial charge in [-0.2, -0.15) is 25.8 Å². The molecule has 0 saturated heterocycles. The van der Waals surface area contributed by atoms with Gasteiger partial charge in [-0.1, -0.05) is 0 Å². The smallest absolute Gasteiger partial charge is 0.169 e. The van der Waals surface area contributed by atoms with Crippen molar-refractivity contribution in [3.05, 3.63) is 78.9 Å². The molecule has 1 N–H and O–H groups in total. The van der Waals surface area contributed by atoms with Crippen LogP contribution in [0, 0.1) is 6.92 Å². The molecule has 1 radical (unpaired) electrons. The second-order valence-electron chi connectivity index (χ2n) is 6.40. The molecule has 2 aromatic heterocycles. The van der Waals surface area contributed by atoms with Gasteiger partial charge in [-0.25, -0.2) is 0 Å². The molecule has 0 saturated carbocycles. The van der Waals surface area contributed by atoms with E-state index in [1.165, 1.54) is 6.20 Å². The molecule has 0 bridgehead atoms. The maximum atomic E-state index is 5.79. The van der Waals surface area contributed by atoms with Gasteiger partial charge in [0.15, 0.2) is 11.5 Å². The van der Waals surface area contributed by atoms with Gasteiger partial charge in [0.1, 0.15) is 17.2 Å². The molecule has 0 aliphatic carbocycles. The Morgan fingerprint density at radius 3 is 2.13 bits per heavy atom. The molecular formula is C22H19N6O3. The number of anilines is 1. The lowest BCUT2D eigenvalue weighted by Crippen LogP contribution is -2.08. The molecule has 9 nitrogen and oxygen atoms in total. The Kier molecular flexibility index (Phi) is 6.03. The summed E-state index contributed by atoms with van der Waals surface area (Å²) in [7, 11) is 1.58. The van der Waals surface area contributed by atoms with Crippen LogP contribution in [0.2, 0.25) is 0 Å². The summed E-state index contributed by atoms with van der Waals surface area (Å²) in [5.74, 6) is 3.00. The van der Waals surface area contributed by atoms with E-state index >= 15 is 0 Å². The molecule has 0 aliphatic rings. The van der Waals surface area contributed by atoms with Crippen LogP contribution in [0.5, 0.6) is 28.7 Å². The van der Waals surface area contributed by atoms with Crippen LogP contribution in [0.25, 0.3) is 0 Å². The van der Waals surface area contributed by atoms with E-state index in [0.29, 0.717) is 28.7 Å². The first-order valence-electron chi connectivity index (χ1n) is 9.36. The van der Waals surface area contributed by atoms with Gasteiger partial charge in [0.05, 0.1) is 43.3 Å². The van der Waals surface area contributed by atoms with Crippen LogP contribution in [0.15, 0.2) is 73.3 Å². The van der Waals surface area contributed by atoms with Crippen molar-refractivity contribution in [2.45, 2.75) is 6.92 Å². The lowest BCUT2D eigenvalue weighted by atomic mass is 10.2. The second-order valence-corrected chi connectivity index (χ2v) is 6.40. The third-order valence-electron chi connectivity index (χ3n) is 4.22. The fourth-order valence-corrected chi connectivity index (χ4v) is 2.70. The predicted octanol–water partition coefficient (Wildman–Crippen LogP) is 4.43. The normalized spacial score (nSPS) is 10.3. The van der Waals surface area contributed by atoms with E-state index in [1.807, 2.05) is 31.2 Å². The van der Waals surface area contributed by atoms with Crippen LogP contribution in [0.1, 0.15) is 5.56 Å². The van der Waals surface area contributed by atoms with Crippen molar-refractivity contribution in [3.8, 4) is 28.7 Å². The Balaban J connectivity index is 1.41. The number of ether oxygens (including phenoxy) is 3. The van der Waals surface area contributed by atoms with Gasteiger partial charge in [-0.3, -0.25) is 5.43 Å². The number of benzene rings is 2. The Morgan fingerprint density at radius 1 is 0.742 bits per heavy atom. The number of methoxy groups -OCH3 is 1. The van der Waals surface area contributed by atoms with Crippen molar-refractivity contribution in [2.24, 2.45) is 0 Å². The zero-order valence-corrected chi connectivity index (χ0v) is 16.9. The fraction of sp³-hybridized carbons (Fsp3) is 0.0909. The number of hydrogen-bond acceptors (Lipinski definition) is 8. The van der Waals surface area contributed by atoms with E-state index in [9.17, 15) is 0 Å². The molecular weight excluding hydrogens is 396 g/mol. The molecule has 2 heterocycles. The zero-order valence-electron chi connectivity index (χ0n) is 16.9. The Morgan fingerprint density at radius 2 is 1.48 bits per heavy atom. The van der Waals surface area contributed by atoms with Crippen LogP contribution >= 0.6 is 0 Å². The van der Waals surface area contributed by atoms with Gasteiger partial charge in [0.2, 0.25) is 0 Å². The molecule has 0 aliphatic heterocycles. The standard InChI is InChI=1S/C22H19N6O3/c1-15-11-17(30-18-7-9-23-25-13-18)4-5-20(15)28-27-16-3-6-21(22(12-16)29-2)31-19-8-10-24-26-14-19/h3-14,27H,1-2H3. The summed E-state index contributed by atoms with van der Waals surface area (Å²) in [5.41, 5.74) is 9.99. The van der Waals surface area contributed by atoms with Gasteiger partial charge >= 0.3 is 0 Å². The SMILES string of the molecule is COc1cc(N[N]c2ccc(Oc3ccnnc3)cc2C)ccc1Oc1ccnnc1. The first-order valence-corrected chi connectivity index (χ1v) is 9.36. The van der Waals surface area contributed by atoms with Crippen molar-refractivity contribution in [3.63, 3.8) is 0 Å². The maximum absolute atomic E-state index is 5.79. The largest absolute Gasteiger partial charge is 0.493 e.